The number of hydrogen-bond acceptors (Lipinski definition) is 4. The fourth-order valence-electron chi connectivity index (χ4n) is 3.83. The SMILES string of the molecule is CC(Sc1nc2ccccc2c(=O)n1C1CCCC1)C(=O)NCc1ccccc1. The Labute approximate surface area is 174 Å². The first-order valence-electron chi connectivity index (χ1n) is 10.1. The lowest BCUT2D eigenvalue weighted by molar-refractivity contribution is -0.120. The lowest BCUT2D eigenvalue weighted by atomic mass is 10.2. The monoisotopic (exact) mass is 407 g/mol. The molecule has 1 aromatic heterocycles. The van der Waals surface area contributed by atoms with E-state index in [2.05, 4.69) is 5.32 Å². The van der Waals surface area contributed by atoms with Gasteiger partial charge in [-0.3, -0.25) is 14.2 Å². The van der Waals surface area contributed by atoms with Gasteiger partial charge in [-0.15, -0.1) is 0 Å². The number of amides is 1. The van der Waals surface area contributed by atoms with Crippen LogP contribution < -0.4 is 10.9 Å². The average molecular weight is 408 g/mol. The number of hydrogen-bond donors (Lipinski definition) is 1. The lowest BCUT2D eigenvalue weighted by Crippen LogP contribution is -2.32. The Bertz CT molecular complexity index is 1060. The predicted molar refractivity (Wildman–Crippen MR) is 117 cm³/mol. The standard InChI is InChI=1S/C23H25N3O2S/c1-16(21(27)24-15-17-9-3-2-4-10-17)29-23-25-20-14-8-7-13-19(20)22(28)26(23)18-11-5-6-12-18/h2-4,7-10,13-14,16,18H,5-6,11-12,15H2,1H3,(H,24,27). The van der Waals surface area contributed by atoms with Crippen molar-refractivity contribution in [2.24, 2.45) is 0 Å². The largest absolute Gasteiger partial charge is 0.351 e. The van der Waals surface area contributed by atoms with Crippen molar-refractivity contribution in [3.8, 4) is 0 Å². The molecule has 1 fully saturated rings. The highest BCUT2D eigenvalue weighted by Gasteiger charge is 2.25. The minimum absolute atomic E-state index is 0.00175. The van der Waals surface area contributed by atoms with Crippen LogP contribution in [0.2, 0.25) is 0 Å². The summed E-state index contributed by atoms with van der Waals surface area (Å²) in [5.41, 5.74) is 1.75. The summed E-state index contributed by atoms with van der Waals surface area (Å²) in [5.74, 6) is -0.0563. The van der Waals surface area contributed by atoms with E-state index >= 15 is 0 Å². The van der Waals surface area contributed by atoms with Crippen molar-refractivity contribution in [3.63, 3.8) is 0 Å². The Hall–Kier alpha value is -2.60. The van der Waals surface area contributed by atoms with Crippen LogP contribution in [0.4, 0.5) is 0 Å². The van der Waals surface area contributed by atoms with E-state index < -0.39 is 0 Å². The van der Waals surface area contributed by atoms with Crippen molar-refractivity contribution in [1.29, 1.82) is 0 Å². The van der Waals surface area contributed by atoms with E-state index in [1.807, 2.05) is 66.1 Å². The van der Waals surface area contributed by atoms with Crippen LogP contribution in [0.25, 0.3) is 10.9 Å². The third kappa shape index (κ3) is 4.37. The minimum atomic E-state index is -0.348. The summed E-state index contributed by atoms with van der Waals surface area (Å²) in [6, 6.07) is 17.5. The molecule has 150 valence electrons. The highest BCUT2D eigenvalue weighted by Crippen LogP contribution is 2.33. The number of fused-ring (bicyclic) bond motifs is 1. The summed E-state index contributed by atoms with van der Waals surface area (Å²) in [5, 5.41) is 3.92. The van der Waals surface area contributed by atoms with E-state index in [0.717, 1.165) is 31.2 Å². The molecule has 3 aromatic rings. The number of carbonyl (C=O) groups is 1. The van der Waals surface area contributed by atoms with Crippen LogP contribution in [-0.4, -0.2) is 20.7 Å². The molecule has 0 aliphatic heterocycles. The summed E-state index contributed by atoms with van der Waals surface area (Å²) in [7, 11) is 0. The van der Waals surface area contributed by atoms with Crippen LogP contribution >= 0.6 is 11.8 Å². The Morgan fingerprint density at radius 2 is 1.83 bits per heavy atom. The summed E-state index contributed by atoms with van der Waals surface area (Å²) < 4.78 is 1.83. The zero-order valence-electron chi connectivity index (χ0n) is 16.5. The summed E-state index contributed by atoms with van der Waals surface area (Å²) in [6.07, 6.45) is 4.23. The van der Waals surface area contributed by atoms with Crippen molar-refractivity contribution in [2.45, 2.75) is 55.6 Å². The molecule has 0 saturated heterocycles. The first-order valence-corrected chi connectivity index (χ1v) is 11.0. The summed E-state index contributed by atoms with van der Waals surface area (Å²) >= 11 is 1.37. The number of nitrogens with one attached hydrogen (secondary N) is 1. The molecule has 2 aromatic carbocycles. The smallest absolute Gasteiger partial charge is 0.262 e. The van der Waals surface area contributed by atoms with Gasteiger partial charge < -0.3 is 5.32 Å². The Balaban J connectivity index is 1.58. The van der Waals surface area contributed by atoms with Gasteiger partial charge >= 0.3 is 0 Å². The molecule has 6 heteroatoms. The van der Waals surface area contributed by atoms with Crippen molar-refractivity contribution in [3.05, 3.63) is 70.5 Å². The molecule has 0 spiro atoms. The highest BCUT2D eigenvalue weighted by molar-refractivity contribution is 8.00. The molecule has 1 unspecified atom stereocenters. The van der Waals surface area contributed by atoms with Gasteiger partial charge in [-0.1, -0.05) is 67.1 Å². The van der Waals surface area contributed by atoms with Crippen LogP contribution in [0.5, 0.6) is 0 Å². The van der Waals surface area contributed by atoms with Crippen molar-refractivity contribution in [1.82, 2.24) is 14.9 Å². The first kappa shape index (κ1) is 19.7. The predicted octanol–water partition coefficient (Wildman–Crippen LogP) is 4.31. The number of aromatic nitrogens is 2. The number of carbonyl (C=O) groups excluding carboxylic acids is 1. The zero-order chi connectivity index (χ0) is 20.2. The van der Waals surface area contributed by atoms with E-state index in [0.29, 0.717) is 22.6 Å². The van der Waals surface area contributed by atoms with Gasteiger partial charge in [0.15, 0.2) is 5.16 Å². The van der Waals surface area contributed by atoms with E-state index in [1.165, 1.54) is 11.8 Å². The van der Waals surface area contributed by atoms with Gasteiger partial charge in [0.25, 0.3) is 5.56 Å². The molecule has 0 bridgehead atoms. The van der Waals surface area contributed by atoms with Crippen LogP contribution in [0.15, 0.2) is 64.5 Å². The van der Waals surface area contributed by atoms with Gasteiger partial charge in [0.2, 0.25) is 5.91 Å². The van der Waals surface area contributed by atoms with E-state index in [9.17, 15) is 9.59 Å². The van der Waals surface area contributed by atoms with E-state index in [4.69, 9.17) is 4.98 Å². The fourth-order valence-corrected chi connectivity index (χ4v) is 4.84. The fraction of sp³-hybridized carbons (Fsp3) is 0.348. The molecule has 4 rings (SSSR count). The van der Waals surface area contributed by atoms with Gasteiger partial charge in [0.05, 0.1) is 16.2 Å². The van der Waals surface area contributed by atoms with Gasteiger partial charge in [-0.25, -0.2) is 4.98 Å². The topological polar surface area (TPSA) is 64.0 Å². The van der Waals surface area contributed by atoms with Gasteiger partial charge in [-0.05, 0) is 37.5 Å². The second-order valence-corrected chi connectivity index (χ2v) is 8.80. The van der Waals surface area contributed by atoms with E-state index in [-0.39, 0.29) is 22.8 Å². The highest BCUT2D eigenvalue weighted by atomic mass is 32.2. The second-order valence-electron chi connectivity index (χ2n) is 7.49. The van der Waals surface area contributed by atoms with Gasteiger partial charge in [0.1, 0.15) is 0 Å². The molecule has 1 N–H and O–H groups in total. The molecule has 1 aliphatic rings. The van der Waals surface area contributed by atoms with E-state index in [1.54, 1.807) is 0 Å². The zero-order valence-corrected chi connectivity index (χ0v) is 17.3. The molecule has 0 radical (unpaired) electrons. The number of nitrogens with zero attached hydrogens (tertiary/aromatic N) is 2. The van der Waals surface area contributed by atoms with Crippen molar-refractivity contribution < 1.29 is 4.79 Å². The Morgan fingerprint density at radius 3 is 2.59 bits per heavy atom. The number of thioether (sulfide) groups is 1. The quantitative estimate of drug-likeness (QED) is 0.489. The molecule has 1 heterocycles. The number of benzene rings is 2. The number of rotatable bonds is 6. The van der Waals surface area contributed by atoms with Gasteiger partial charge in [0, 0.05) is 12.6 Å². The molecule has 1 amide bonds. The molecule has 5 nitrogen and oxygen atoms in total. The molecule has 1 aliphatic carbocycles. The second kappa shape index (κ2) is 8.82. The Morgan fingerprint density at radius 1 is 1.14 bits per heavy atom. The van der Waals surface area contributed by atoms with Crippen molar-refractivity contribution >= 4 is 28.6 Å². The van der Waals surface area contributed by atoms with Crippen molar-refractivity contribution in [2.75, 3.05) is 0 Å². The maximum Gasteiger partial charge on any atom is 0.262 e. The minimum Gasteiger partial charge on any atom is -0.351 e. The average Bonchev–Trinajstić information content (AvgIpc) is 3.27. The lowest BCUT2D eigenvalue weighted by Gasteiger charge is -2.20. The Kier molecular flexibility index (Phi) is 6.00. The maximum absolute atomic E-state index is 13.2. The van der Waals surface area contributed by atoms with Crippen LogP contribution in [0, 0.1) is 0 Å². The molecule has 1 saturated carbocycles. The third-order valence-electron chi connectivity index (χ3n) is 5.43. The summed E-state index contributed by atoms with van der Waals surface area (Å²) in [6.45, 7) is 2.36. The van der Waals surface area contributed by atoms with Gasteiger partial charge in [-0.2, -0.15) is 0 Å². The number of para-hydroxylation sites is 1. The maximum atomic E-state index is 13.2. The molecule has 29 heavy (non-hydrogen) atoms. The third-order valence-corrected chi connectivity index (χ3v) is 6.49. The van der Waals surface area contributed by atoms with Crippen LogP contribution in [0.1, 0.15) is 44.2 Å². The summed E-state index contributed by atoms with van der Waals surface area (Å²) in [4.78, 5) is 30.6. The first-order chi connectivity index (χ1) is 14.1. The van der Waals surface area contributed by atoms with Crippen LogP contribution in [0.3, 0.4) is 0 Å². The van der Waals surface area contributed by atoms with Crippen LogP contribution in [-0.2, 0) is 11.3 Å². The normalized spacial score (nSPS) is 15.5. The molecular weight excluding hydrogens is 382 g/mol. The molecular formula is C23H25N3O2S. The molecule has 1 atom stereocenters.